The van der Waals surface area contributed by atoms with E-state index in [1.54, 1.807) is 7.11 Å². The Morgan fingerprint density at radius 3 is 2.67 bits per heavy atom. The Labute approximate surface area is 106 Å². The van der Waals surface area contributed by atoms with Gasteiger partial charge in [0.15, 0.2) is 0 Å². The zero-order valence-corrected chi connectivity index (χ0v) is 10.5. The second-order valence-corrected chi connectivity index (χ2v) is 4.18. The van der Waals surface area contributed by atoms with Gasteiger partial charge in [-0.1, -0.05) is 18.2 Å². The van der Waals surface area contributed by atoms with E-state index < -0.39 is 0 Å². The standard InChI is InChI=1S/C15H16FNO/c1-11-7-13(16)9-14(8-11)17-10-12-5-3-4-6-15(12)18-2/h3-9,17H,10H2,1-2H3. The Morgan fingerprint density at radius 1 is 1.17 bits per heavy atom. The van der Waals surface area contributed by atoms with Gasteiger partial charge in [-0.3, -0.25) is 0 Å². The average Bonchev–Trinajstić information content (AvgIpc) is 2.35. The Hall–Kier alpha value is -2.03. The fraction of sp³-hybridized carbons (Fsp3) is 0.200. The summed E-state index contributed by atoms with van der Waals surface area (Å²) in [5.41, 5.74) is 2.72. The molecule has 0 aliphatic rings. The van der Waals surface area contributed by atoms with Crippen molar-refractivity contribution in [3.63, 3.8) is 0 Å². The molecule has 0 amide bonds. The molecule has 0 aliphatic carbocycles. The SMILES string of the molecule is COc1ccccc1CNc1cc(C)cc(F)c1. The lowest BCUT2D eigenvalue weighted by molar-refractivity contribution is 0.410. The molecule has 0 saturated heterocycles. The third-order valence-corrected chi connectivity index (χ3v) is 2.72. The molecule has 0 heterocycles. The van der Waals surface area contributed by atoms with Crippen LogP contribution in [-0.2, 0) is 6.54 Å². The Morgan fingerprint density at radius 2 is 1.94 bits per heavy atom. The van der Waals surface area contributed by atoms with Crippen LogP contribution in [0.5, 0.6) is 5.75 Å². The molecule has 18 heavy (non-hydrogen) atoms. The number of methoxy groups -OCH3 is 1. The van der Waals surface area contributed by atoms with Crippen molar-refractivity contribution in [2.75, 3.05) is 12.4 Å². The summed E-state index contributed by atoms with van der Waals surface area (Å²) in [6, 6.07) is 12.7. The van der Waals surface area contributed by atoms with Gasteiger partial charge in [-0.15, -0.1) is 0 Å². The second kappa shape index (κ2) is 5.54. The van der Waals surface area contributed by atoms with E-state index in [0.717, 1.165) is 22.6 Å². The molecule has 0 atom stereocenters. The predicted molar refractivity (Wildman–Crippen MR) is 71.5 cm³/mol. The zero-order chi connectivity index (χ0) is 13.0. The van der Waals surface area contributed by atoms with Crippen molar-refractivity contribution in [3.05, 3.63) is 59.4 Å². The fourth-order valence-electron chi connectivity index (χ4n) is 1.88. The molecule has 3 heteroatoms. The van der Waals surface area contributed by atoms with Crippen LogP contribution in [-0.4, -0.2) is 7.11 Å². The summed E-state index contributed by atoms with van der Waals surface area (Å²) in [6.45, 7) is 2.48. The number of hydrogen-bond donors (Lipinski definition) is 1. The zero-order valence-electron chi connectivity index (χ0n) is 10.5. The molecule has 0 radical (unpaired) electrons. The molecule has 2 aromatic rings. The van der Waals surface area contributed by atoms with E-state index in [1.807, 2.05) is 37.3 Å². The lowest BCUT2D eigenvalue weighted by Crippen LogP contribution is -2.02. The van der Waals surface area contributed by atoms with Gasteiger partial charge in [0.05, 0.1) is 7.11 Å². The monoisotopic (exact) mass is 245 g/mol. The quantitative estimate of drug-likeness (QED) is 0.885. The highest BCUT2D eigenvalue weighted by atomic mass is 19.1. The van der Waals surface area contributed by atoms with Crippen LogP contribution in [0.1, 0.15) is 11.1 Å². The van der Waals surface area contributed by atoms with Gasteiger partial charge in [-0.2, -0.15) is 0 Å². The number of para-hydroxylation sites is 1. The molecule has 2 nitrogen and oxygen atoms in total. The molecule has 0 saturated carbocycles. The third kappa shape index (κ3) is 3.00. The van der Waals surface area contributed by atoms with Crippen LogP contribution in [0.2, 0.25) is 0 Å². The van der Waals surface area contributed by atoms with Crippen LogP contribution >= 0.6 is 0 Å². The summed E-state index contributed by atoms with van der Waals surface area (Å²) in [5, 5.41) is 3.20. The lowest BCUT2D eigenvalue weighted by atomic mass is 10.2. The average molecular weight is 245 g/mol. The minimum absolute atomic E-state index is 0.225. The minimum Gasteiger partial charge on any atom is -0.496 e. The highest BCUT2D eigenvalue weighted by Gasteiger charge is 2.02. The van der Waals surface area contributed by atoms with Crippen molar-refractivity contribution in [2.45, 2.75) is 13.5 Å². The fourth-order valence-corrected chi connectivity index (χ4v) is 1.88. The van der Waals surface area contributed by atoms with Crippen LogP contribution in [0.15, 0.2) is 42.5 Å². The van der Waals surface area contributed by atoms with Crippen LogP contribution in [0.3, 0.4) is 0 Å². The molecule has 0 spiro atoms. The van der Waals surface area contributed by atoms with E-state index in [2.05, 4.69) is 5.32 Å². The van der Waals surface area contributed by atoms with E-state index >= 15 is 0 Å². The molecule has 2 rings (SSSR count). The van der Waals surface area contributed by atoms with Crippen molar-refractivity contribution >= 4 is 5.69 Å². The number of benzene rings is 2. The molecule has 0 aliphatic heterocycles. The third-order valence-electron chi connectivity index (χ3n) is 2.72. The summed E-state index contributed by atoms with van der Waals surface area (Å²) >= 11 is 0. The summed E-state index contributed by atoms with van der Waals surface area (Å²) < 4.78 is 18.5. The summed E-state index contributed by atoms with van der Waals surface area (Å²) in [4.78, 5) is 0. The first-order valence-electron chi connectivity index (χ1n) is 5.82. The van der Waals surface area contributed by atoms with E-state index in [1.165, 1.54) is 12.1 Å². The van der Waals surface area contributed by atoms with Crippen LogP contribution < -0.4 is 10.1 Å². The summed E-state index contributed by atoms with van der Waals surface area (Å²) in [6.07, 6.45) is 0. The number of aryl methyl sites for hydroxylation is 1. The number of rotatable bonds is 4. The number of nitrogens with one attached hydrogen (secondary N) is 1. The smallest absolute Gasteiger partial charge is 0.125 e. The molecular weight excluding hydrogens is 229 g/mol. The molecule has 0 unspecified atom stereocenters. The largest absolute Gasteiger partial charge is 0.496 e. The van der Waals surface area contributed by atoms with E-state index in [-0.39, 0.29) is 5.82 Å². The van der Waals surface area contributed by atoms with Gasteiger partial charge in [-0.25, -0.2) is 4.39 Å². The molecular formula is C15H16FNO. The molecule has 0 aromatic heterocycles. The van der Waals surface area contributed by atoms with Gasteiger partial charge in [0.1, 0.15) is 11.6 Å². The van der Waals surface area contributed by atoms with E-state index in [9.17, 15) is 4.39 Å². The maximum absolute atomic E-state index is 13.2. The normalized spacial score (nSPS) is 10.2. The molecule has 94 valence electrons. The van der Waals surface area contributed by atoms with E-state index in [0.29, 0.717) is 6.54 Å². The maximum atomic E-state index is 13.2. The first kappa shape index (κ1) is 12.4. The van der Waals surface area contributed by atoms with Gasteiger partial charge in [0.2, 0.25) is 0 Å². The Balaban J connectivity index is 2.11. The predicted octanol–water partition coefficient (Wildman–Crippen LogP) is 3.75. The van der Waals surface area contributed by atoms with Crippen molar-refractivity contribution < 1.29 is 9.13 Å². The molecule has 0 bridgehead atoms. The highest BCUT2D eigenvalue weighted by Crippen LogP contribution is 2.20. The summed E-state index contributed by atoms with van der Waals surface area (Å²) in [5.74, 6) is 0.607. The number of halogens is 1. The van der Waals surface area contributed by atoms with Gasteiger partial charge >= 0.3 is 0 Å². The van der Waals surface area contributed by atoms with Gasteiger partial charge in [-0.05, 0) is 36.8 Å². The van der Waals surface area contributed by atoms with Gasteiger partial charge in [0.25, 0.3) is 0 Å². The van der Waals surface area contributed by atoms with Gasteiger partial charge in [0, 0.05) is 17.8 Å². The number of ether oxygens (including phenoxy) is 1. The van der Waals surface area contributed by atoms with Crippen molar-refractivity contribution in [3.8, 4) is 5.75 Å². The highest BCUT2D eigenvalue weighted by molar-refractivity contribution is 5.47. The topological polar surface area (TPSA) is 21.3 Å². The van der Waals surface area contributed by atoms with Crippen molar-refractivity contribution in [1.29, 1.82) is 0 Å². The number of hydrogen-bond acceptors (Lipinski definition) is 2. The van der Waals surface area contributed by atoms with Crippen molar-refractivity contribution in [1.82, 2.24) is 0 Å². The van der Waals surface area contributed by atoms with Gasteiger partial charge < -0.3 is 10.1 Å². The summed E-state index contributed by atoms with van der Waals surface area (Å²) in [7, 11) is 1.64. The molecule has 2 aromatic carbocycles. The number of anilines is 1. The second-order valence-electron chi connectivity index (χ2n) is 4.18. The van der Waals surface area contributed by atoms with Crippen LogP contribution in [0.25, 0.3) is 0 Å². The molecule has 0 fully saturated rings. The van der Waals surface area contributed by atoms with Crippen molar-refractivity contribution in [2.24, 2.45) is 0 Å². The van der Waals surface area contributed by atoms with Crippen LogP contribution in [0.4, 0.5) is 10.1 Å². The first-order chi connectivity index (χ1) is 8.69. The maximum Gasteiger partial charge on any atom is 0.125 e. The lowest BCUT2D eigenvalue weighted by Gasteiger charge is -2.11. The Bertz CT molecular complexity index is 520. The van der Waals surface area contributed by atoms with Crippen LogP contribution in [0, 0.1) is 12.7 Å². The first-order valence-corrected chi connectivity index (χ1v) is 5.82. The Kier molecular flexibility index (Phi) is 3.82. The minimum atomic E-state index is -0.225. The molecule has 1 N–H and O–H groups in total. The van der Waals surface area contributed by atoms with E-state index in [4.69, 9.17) is 4.74 Å².